The molecule has 18 heavy (non-hydrogen) atoms. The van der Waals surface area contributed by atoms with Crippen LogP contribution in [0, 0.1) is 0 Å². The summed E-state index contributed by atoms with van der Waals surface area (Å²) in [4.78, 5) is 4.75. The van der Waals surface area contributed by atoms with Gasteiger partial charge in [0.15, 0.2) is 0 Å². The van der Waals surface area contributed by atoms with Crippen molar-refractivity contribution in [1.82, 2.24) is 9.55 Å². The molecule has 1 aromatic heterocycles. The molecule has 3 rings (SSSR count). The Morgan fingerprint density at radius 3 is 3.00 bits per heavy atom. The van der Waals surface area contributed by atoms with Gasteiger partial charge in [-0.25, -0.2) is 4.98 Å². The third kappa shape index (κ3) is 2.02. The fraction of sp³-hybridized carbons (Fsp3) is 0.500. The number of benzene rings is 1. The van der Waals surface area contributed by atoms with Crippen LogP contribution in [0.3, 0.4) is 0 Å². The Bertz CT molecular complexity index is 576. The van der Waals surface area contributed by atoms with Gasteiger partial charge in [0.1, 0.15) is 5.82 Å². The summed E-state index contributed by atoms with van der Waals surface area (Å²) in [5.74, 6) is 1.65. The number of aromatic nitrogens is 2. The Balaban J connectivity index is 2.03. The second kappa shape index (κ2) is 4.56. The number of aryl methyl sites for hydroxylation is 1. The van der Waals surface area contributed by atoms with E-state index in [9.17, 15) is 0 Å². The summed E-state index contributed by atoms with van der Waals surface area (Å²) in [6, 6.07) is 6.22. The van der Waals surface area contributed by atoms with E-state index in [1.54, 1.807) is 0 Å². The van der Waals surface area contributed by atoms with E-state index in [-0.39, 0.29) is 0 Å². The van der Waals surface area contributed by atoms with Crippen molar-refractivity contribution < 1.29 is 0 Å². The Morgan fingerprint density at radius 1 is 1.39 bits per heavy atom. The molecular weight excluding hydrogens is 246 g/mol. The van der Waals surface area contributed by atoms with Gasteiger partial charge in [-0.3, -0.25) is 0 Å². The van der Waals surface area contributed by atoms with Crippen molar-refractivity contribution in [2.45, 2.75) is 37.6 Å². The average Bonchev–Trinajstić information content (AvgIpc) is 2.66. The van der Waals surface area contributed by atoms with Crippen molar-refractivity contribution in [2.75, 3.05) is 0 Å². The third-order valence-electron chi connectivity index (χ3n) is 3.96. The van der Waals surface area contributed by atoms with E-state index in [2.05, 4.69) is 11.6 Å². The molecule has 1 aliphatic rings. The molecule has 1 aliphatic carbocycles. The molecule has 1 fully saturated rings. The lowest BCUT2D eigenvalue weighted by Crippen LogP contribution is -2.27. The van der Waals surface area contributed by atoms with Crippen molar-refractivity contribution in [1.29, 1.82) is 0 Å². The van der Waals surface area contributed by atoms with Gasteiger partial charge < -0.3 is 10.3 Å². The van der Waals surface area contributed by atoms with Gasteiger partial charge >= 0.3 is 0 Å². The topological polar surface area (TPSA) is 43.8 Å². The Morgan fingerprint density at radius 2 is 2.22 bits per heavy atom. The molecule has 1 aromatic carbocycles. The van der Waals surface area contributed by atoms with Gasteiger partial charge in [-0.1, -0.05) is 18.0 Å². The van der Waals surface area contributed by atoms with Crippen LogP contribution in [0.1, 0.15) is 37.4 Å². The minimum Gasteiger partial charge on any atom is -0.331 e. The van der Waals surface area contributed by atoms with Crippen LogP contribution in [0.2, 0.25) is 5.02 Å². The van der Waals surface area contributed by atoms with E-state index in [1.807, 2.05) is 18.2 Å². The fourth-order valence-corrected chi connectivity index (χ4v) is 3.19. The second-order valence-corrected chi connectivity index (χ2v) is 5.72. The molecule has 0 saturated heterocycles. The van der Waals surface area contributed by atoms with Gasteiger partial charge in [0.25, 0.3) is 0 Å². The van der Waals surface area contributed by atoms with Gasteiger partial charge in [-0.15, -0.1) is 0 Å². The van der Waals surface area contributed by atoms with Crippen LogP contribution in [0.25, 0.3) is 11.0 Å². The number of halogens is 1. The highest BCUT2D eigenvalue weighted by Gasteiger charge is 2.24. The maximum atomic E-state index is 6.07. The molecular formula is C14H18ClN3. The molecule has 0 spiro atoms. The molecule has 0 amide bonds. The number of rotatable bonds is 1. The molecule has 4 heteroatoms. The number of hydrogen-bond donors (Lipinski definition) is 1. The smallest absolute Gasteiger partial charge is 0.112 e. The molecule has 0 radical (unpaired) electrons. The summed E-state index contributed by atoms with van der Waals surface area (Å²) in [6.07, 6.45) is 4.59. The SMILES string of the molecule is Cn1c(C2CCCC(N)C2)nc2cc(Cl)ccc21. The Hall–Kier alpha value is -1.06. The highest BCUT2D eigenvalue weighted by Crippen LogP contribution is 2.33. The number of fused-ring (bicyclic) bond motifs is 1. The first kappa shape index (κ1) is 12.0. The maximum Gasteiger partial charge on any atom is 0.112 e. The molecule has 0 aliphatic heterocycles. The van der Waals surface area contributed by atoms with Crippen LogP contribution in [0.4, 0.5) is 0 Å². The summed E-state index contributed by atoms with van der Waals surface area (Å²) in [7, 11) is 2.08. The van der Waals surface area contributed by atoms with E-state index in [0.29, 0.717) is 12.0 Å². The molecule has 96 valence electrons. The second-order valence-electron chi connectivity index (χ2n) is 5.29. The zero-order chi connectivity index (χ0) is 12.7. The first-order valence-electron chi connectivity index (χ1n) is 6.52. The number of nitrogens with two attached hydrogens (primary N) is 1. The Kier molecular flexibility index (Phi) is 3.04. The molecule has 0 bridgehead atoms. The Labute approximate surface area is 112 Å². The predicted molar refractivity (Wildman–Crippen MR) is 74.9 cm³/mol. The van der Waals surface area contributed by atoms with Crippen LogP contribution in [-0.2, 0) is 7.05 Å². The molecule has 2 atom stereocenters. The van der Waals surface area contributed by atoms with Gasteiger partial charge in [-0.05, 0) is 37.5 Å². The van der Waals surface area contributed by atoms with Crippen molar-refractivity contribution in [3.63, 3.8) is 0 Å². The van der Waals surface area contributed by atoms with E-state index < -0.39 is 0 Å². The van der Waals surface area contributed by atoms with E-state index >= 15 is 0 Å². The summed E-state index contributed by atoms with van der Waals surface area (Å²) in [6.45, 7) is 0. The van der Waals surface area contributed by atoms with Crippen LogP contribution in [-0.4, -0.2) is 15.6 Å². The van der Waals surface area contributed by atoms with Gasteiger partial charge in [0.2, 0.25) is 0 Å². The number of nitrogens with zero attached hydrogens (tertiary/aromatic N) is 2. The summed E-state index contributed by atoms with van der Waals surface area (Å²) < 4.78 is 2.19. The van der Waals surface area contributed by atoms with Gasteiger partial charge in [0, 0.05) is 24.0 Å². The van der Waals surface area contributed by atoms with Crippen LogP contribution in [0.15, 0.2) is 18.2 Å². The molecule has 1 heterocycles. The summed E-state index contributed by atoms with van der Waals surface area (Å²) in [5.41, 5.74) is 8.20. The fourth-order valence-electron chi connectivity index (χ4n) is 3.02. The van der Waals surface area contributed by atoms with Crippen LogP contribution < -0.4 is 5.73 Å². The van der Waals surface area contributed by atoms with Gasteiger partial charge in [0.05, 0.1) is 11.0 Å². The van der Waals surface area contributed by atoms with Crippen molar-refractivity contribution in [3.8, 4) is 0 Å². The van der Waals surface area contributed by atoms with Gasteiger partial charge in [-0.2, -0.15) is 0 Å². The first-order valence-corrected chi connectivity index (χ1v) is 6.90. The van der Waals surface area contributed by atoms with Crippen molar-refractivity contribution in [3.05, 3.63) is 29.0 Å². The van der Waals surface area contributed by atoms with Crippen molar-refractivity contribution in [2.24, 2.45) is 12.8 Å². The molecule has 3 nitrogen and oxygen atoms in total. The molecule has 2 aromatic rings. The molecule has 1 saturated carbocycles. The monoisotopic (exact) mass is 263 g/mol. The van der Waals surface area contributed by atoms with E-state index in [1.165, 1.54) is 12.8 Å². The van der Waals surface area contributed by atoms with E-state index in [0.717, 1.165) is 34.7 Å². The highest BCUT2D eigenvalue weighted by atomic mass is 35.5. The van der Waals surface area contributed by atoms with Crippen molar-refractivity contribution >= 4 is 22.6 Å². The quantitative estimate of drug-likeness (QED) is 0.859. The lowest BCUT2D eigenvalue weighted by molar-refractivity contribution is 0.378. The standard InChI is InChI=1S/C14H18ClN3/c1-18-13-6-5-10(15)8-12(13)17-14(18)9-3-2-4-11(16)7-9/h5-6,8-9,11H,2-4,7,16H2,1H3. The number of hydrogen-bond acceptors (Lipinski definition) is 2. The lowest BCUT2D eigenvalue weighted by atomic mass is 9.85. The average molecular weight is 264 g/mol. The maximum absolute atomic E-state index is 6.07. The van der Waals surface area contributed by atoms with Crippen LogP contribution >= 0.6 is 11.6 Å². The summed E-state index contributed by atoms with van der Waals surface area (Å²) >= 11 is 6.02. The third-order valence-corrected chi connectivity index (χ3v) is 4.19. The van der Waals surface area contributed by atoms with E-state index in [4.69, 9.17) is 22.3 Å². The summed E-state index contributed by atoms with van der Waals surface area (Å²) in [5, 5.41) is 0.743. The zero-order valence-electron chi connectivity index (χ0n) is 10.6. The molecule has 2 unspecified atom stereocenters. The minimum atomic E-state index is 0.326. The van der Waals surface area contributed by atoms with Crippen LogP contribution in [0.5, 0.6) is 0 Å². The lowest BCUT2D eigenvalue weighted by Gasteiger charge is -2.26. The minimum absolute atomic E-state index is 0.326. The predicted octanol–water partition coefficient (Wildman–Crippen LogP) is 3.21. The first-order chi connectivity index (χ1) is 8.65. The normalized spacial score (nSPS) is 24.6. The highest BCUT2D eigenvalue weighted by molar-refractivity contribution is 6.31. The zero-order valence-corrected chi connectivity index (χ0v) is 11.3. The largest absolute Gasteiger partial charge is 0.331 e. The number of imidazole rings is 1. The molecule has 2 N–H and O–H groups in total.